The van der Waals surface area contributed by atoms with Crippen LogP contribution in [-0.2, 0) is 9.59 Å². The number of benzene rings is 2. The van der Waals surface area contributed by atoms with Crippen LogP contribution < -0.4 is 9.47 Å². The van der Waals surface area contributed by atoms with Crippen molar-refractivity contribution in [2.45, 2.75) is 12.5 Å². The lowest BCUT2D eigenvalue weighted by Gasteiger charge is -2.26. The number of ketones is 1. The highest BCUT2D eigenvalue weighted by atomic mass is 16.5. The molecule has 0 aliphatic carbocycles. The van der Waals surface area contributed by atoms with E-state index in [2.05, 4.69) is 6.58 Å². The van der Waals surface area contributed by atoms with Crippen LogP contribution >= 0.6 is 0 Å². The maximum Gasteiger partial charge on any atom is 0.295 e. The minimum absolute atomic E-state index is 0.0785. The van der Waals surface area contributed by atoms with E-state index in [4.69, 9.17) is 9.47 Å². The Bertz CT molecular complexity index is 1030. The van der Waals surface area contributed by atoms with E-state index in [1.807, 2.05) is 31.1 Å². The van der Waals surface area contributed by atoms with Gasteiger partial charge in [0.2, 0.25) is 0 Å². The zero-order chi connectivity index (χ0) is 24.0. The number of aliphatic hydroxyl groups excluding tert-OH is 1. The molecule has 0 spiro atoms. The number of hydrogen-bond donors (Lipinski definition) is 1. The Morgan fingerprint density at radius 1 is 1.09 bits per heavy atom. The molecule has 7 heteroatoms. The number of carbonyl (C=O) groups is 2. The molecular weight excluding hydrogens is 420 g/mol. The molecule has 1 fully saturated rings. The number of carbonyl (C=O) groups excluding carboxylic acids is 2. The second-order valence-corrected chi connectivity index (χ2v) is 8.05. The molecule has 1 amide bonds. The number of Topliss-reactive ketones (excluding diaryl/α,β-unsaturated/α-hetero) is 1. The van der Waals surface area contributed by atoms with Crippen LogP contribution in [0.25, 0.3) is 5.76 Å². The molecule has 2 aromatic rings. The van der Waals surface area contributed by atoms with Crippen LogP contribution in [0.15, 0.2) is 66.8 Å². The first-order valence-electron chi connectivity index (χ1n) is 10.8. The van der Waals surface area contributed by atoms with Gasteiger partial charge in [-0.25, -0.2) is 0 Å². The lowest BCUT2D eigenvalue weighted by Crippen LogP contribution is -2.32. The second kappa shape index (κ2) is 10.8. The maximum atomic E-state index is 13.1. The standard InChI is InChI=1S/C26H30N2O5/c1-5-17-33-21-13-9-19(10-14-21)24(29)22-23(18-7-11-20(32-4)12-8-18)28(26(31)25(22)30)16-6-15-27(2)3/h5,7-14,23,29H,1,6,15-17H2,2-4H3/b24-22+. The molecule has 174 valence electrons. The average Bonchev–Trinajstić information content (AvgIpc) is 3.07. The molecule has 7 nitrogen and oxygen atoms in total. The summed E-state index contributed by atoms with van der Waals surface area (Å²) in [5, 5.41) is 11.1. The third kappa shape index (κ3) is 5.43. The number of aliphatic hydroxyl groups is 1. The van der Waals surface area contributed by atoms with Gasteiger partial charge in [0.05, 0.1) is 18.7 Å². The summed E-state index contributed by atoms with van der Waals surface area (Å²) in [6, 6.07) is 13.2. The smallest absolute Gasteiger partial charge is 0.295 e. The molecule has 1 aliphatic heterocycles. The Morgan fingerprint density at radius 3 is 2.30 bits per heavy atom. The van der Waals surface area contributed by atoms with Crippen LogP contribution in [0.5, 0.6) is 11.5 Å². The Balaban J connectivity index is 2.02. The van der Waals surface area contributed by atoms with E-state index >= 15 is 0 Å². The summed E-state index contributed by atoms with van der Waals surface area (Å²) < 4.78 is 10.7. The minimum Gasteiger partial charge on any atom is -0.507 e. The first-order valence-corrected chi connectivity index (χ1v) is 10.8. The van der Waals surface area contributed by atoms with Crippen LogP contribution in [0.2, 0.25) is 0 Å². The molecule has 0 saturated carbocycles. The fourth-order valence-corrected chi connectivity index (χ4v) is 3.82. The first kappa shape index (κ1) is 24.1. The number of ether oxygens (including phenoxy) is 2. The predicted molar refractivity (Wildman–Crippen MR) is 127 cm³/mol. The largest absolute Gasteiger partial charge is 0.507 e. The Hall–Kier alpha value is -3.58. The quantitative estimate of drug-likeness (QED) is 0.258. The number of methoxy groups -OCH3 is 1. The second-order valence-electron chi connectivity index (χ2n) is 8.05. The molecule has 33 heavy (non-hydrogen) atoms. The Kier molecular flexibility index (Phi) is 7.90. The third-order valence-electron chi connectivity index (χ3n) is 5.47. The van der Waals surface area contributed by atoms with Gasteiger partial charge in [0.1, 0.15) is 23.9 Å². The maximum absolute atomic E-state index is 13.1. The third-order valence-corrected chi connectivity index (χ3v) is 5.47. The predicted octanol–water partition coefficient (Wildman–Crippen LogP) is 3.63. The van der Waals surface area contributed by atoms with Crippen molar-refractivity contribution in [1.82, 2.24) is 9.80 Å². The molecule has 1 saturated heterocycles. The van der Waals surface area contributed by atoms with Crippen molar-refractivity contribution in [2.24, 2.45) is 0 Å². The average molecular weight is 451 g/mol. The van der Waals surface area contributed by atoms with Gasteiger partial charge < -0.3 is 24.4 Å². The minimum atomic E-state index is -0.690. The molecular formula is C26H30N2O5. The van der Waals surface area contributed by atoms with Gasteiger partial charge in [-0.05, 0) is 69.0 Å². The summed E-state index contributed by atoms with van der Waals surface area (Å²) in [4.78, 5) is 29.6. The Labute approximate surface area is 194 Å². The van der Waals surface area contributed by atoms with E-state index < -0.39 is 17.7 Å². The highest BCUT2D eigenvalue weighted by Crippen LogP contribution is 2.40. The van der Waals surface area contributed by atoms with E-state index in [0.29, 0.717) is 36.6 Å². The van der Waals surface area contributed by atoms with Crippen molar-refractivity contribution in [1.29, 1.82) is 0 Å². The van der Waals surface area contributed by atoms with Gasteiger partial charge in [-0.3, -0.25) is 9.59 Å². The highest BCUT2D eigenvalue weighted by Gasteiger charge is 2.45. The van der Waals surface area contributed by atoms with Crippen LogP contribution in [-0.4, -0.2) is 67.5 Å². The SMILES string of the molecule is C=CCOc1ccc(/C(O)=C2\C(=O)C(=O)N(CCCN(C)C)C2c2ccc(OC)cc2)cc1. The molecule has 3 rings (SSSR count). The van der Waals surface area contributed by atoms with Crippen molar-refractivity contribution >= 4 is 17.4 Å². The van der Waals surface area contributed by atoms with Gasteiger partial charge >= 0.3 is 0 Å². The molecule has 1 aliphatic rings. The normalized spacial score (nSPS) is 17.5. The molecule has 1 N–H and O–H groups in total. The van der Waals surface area contributed by atoms with E-state index in [1.165, 1.54) is 0 Å². The van der Waals surface area contributed by atoms with Gasteiger partial charge in [0.25, 0.3) is 11.7 Å². The van der Waals surface area contributed by atoms with E-state index in [1.54, 1.807) is 54.5 Å². The molecule has 2 aromatic carbocycles. The summed E-state index contributed by atoms with van der Waals surface area (Å²) >= 11 is 0. The van der Waals surface area contributed by atoms with Gasteiger partial charge in [-0.1, -0.05) is 24.8 Å². The van der Waals surface area contributed by atoms with Crippen molar-refractivity contribution in [2.75, 3.05) is 40.9 Å². The molecule has 1 unspecified atom stereocenters. The summed E-state index contributed by atoms with van der Waals surface area (Å²) in [5.41, 5.74) is 1.24. The van der Waals surface area contributed by atoms with Gasteiger partial charge in [-0.2, -0.15) is 0 Å². The van der Waals surface area contributed by atoms with E-state index in [-0.39, 0.29) is 11.3 Å². The summed E-state index contributed by atoms with van der Waals surface area (Å²) in [6.07, 6.45) is 2.34. The molecule has 0 bridgehead atoms. The fourth-order valence-electron chi connectivity index (χ4n) is 3.82. The van der Waals surface area contributed by atoms with E-state index in [0.717, 1.165) is 12.1 Å². The first-order chi connectivity index (χ1) is 15.9. The zero-order valence-electron chi connectivity index (χ0n) is 19.3. The topological polar surface area (TPSA) is 79.3 Å². The van der Waals surface area contributed by atoms with E-state index in [9.17, 15) is 14.7 Å². The van der Waals surface area contributed by atoms with Crippen LogP contribution in [0.3, 0.4) is 0 Å². The van der Waals surface area contributed by atoms with Crippen molar-refractivity contribution in [3.05, 3.63) is 77.9 Å². The zero-order valence-corrected chi connectivity index (χ0v) is 19.3. The van der Waals surface area contributed by atoms with Crippen molar-refractivity contribution in [3.8, 4) is 11.5 Å². The van der Waals surface area contributed by atoms with Crippen molar-refractivity contribution in [3.63, 3.8) is 0 Å². The van der Waals surface area contributed by atoms with Gasteiger partial charge in [0.15, 0.2) is 0 Å². The number of rotatable bonds is 10. The Morgan fingerprint density at radius 2 is 1.73 bits per heavy atom. The van der Waals surface area contributed by atoms with Gasteiger partial charge in [-0.15, -0.1) is 0 Å². The summed E-state index contributed by atoms with van der Waals surface area (Å²) in [7, 11) is 5.49. The molecule has 0 radical (unpaired) electrons. The highest BCUT2D eigenvalue weighted by molar-refractivity contribution is 6.46. The van der Waals surface area contributed by atoms with Crippen LogP contribution in [0.4, 0.5) is 0 Å². The molecule has 1 atom stereocenters. The molecule has 1 heterocycles. The monoisotopic (exact) mass is 450 g/mol. The molecule has 0 aromatic heterocycles. The number of nitrogens with zero attached hydrogens (tertiary/aromatic N) is 2. The fraction of sp³-hybridized carbons (Fsp3) is 0.308. The van der Waals surface area contributed by atoms with Crippen molar-refractivity contribution < 1.29 is 24.2 Å². The van der Waals surface area contributed by atoms with Crippen LogP contribution in [0.1, 0.15) is 23.6 Å². The number of hydrogen-bond acceptors (Lipinski definition) is 6. The summed E-state index contributed by atoms with van der Waals surface area (Å²) in [6.45, 7) is 5.14. The van der Waals surface area contributed by atoms with Gasteiger partial charge in [0, 0.05) is 12.1 Å². The number of likely N-dealkylation sites (tertiary alicyclic amines) is 1. The number of amides is 1. The summed E-state index contributed by atoms with van der Waals surface area (Å²) in [5.74, 6) is -0.229. The van der Waals surface area contributed by atoms with Crippen LogP contribution in [0, 0.1) is 0 Å². The lowest BCUT2D eigenvalue weighted by molar-refractivity contribution is -0.139. The lowest BCUT2D eigenvalue weighted by atomic mass is 9.95.